The lowest BCUT2D eigenvalue weighted by Gasteiger charge is -2.45. The number of hydrogen-bond donors (Lipinski definition) is 0. The van der Waals surface area contributed by atoms with E-state index < -0.39 is 10.0 Å². The molecule has 0 N–H and O–H groups in total. The standard InChI is InChI=1S/C22H26N4O3S/c1-17-8-9-19(29-17)14-25-12-10-22(11-13-25)16-24(2)30(27,28)20-15-26(23-21(20)22)18-6-4-3-5-7-18/h3-9,15H,10-14,16H2,1-2H3. The van der Waals surface area contributed by atoms with Gasteiger partial charge in [0.25, 0.3) is 0 Å². The third-order valence-corrected chi connectivity index (χ3v) is 8.21. The number of hydrogen-bond acceptors (Lipinski definition) is 5. The molecule has 158 valence electrons. The fourth-order valence-corrected chi connectivity index (χ4v) is 6.19. The normalized spacial score (nSPS) is 21.0. The maximum Gasteiger partial charge on any atom is 0.246 e. The molecule has 0 saturated carbocycles. The zero-order chi connectivity index (χ0) is 20.9. The van der Waals surface area contributed by atoms with Gasteiger partial charge in [-0.05, 0) is 57.1 Å². The quantitative estimate of drug-likeness (QED) is 0.644. The Balaban J connectivity index is 1.46. The fourth-order valence-electron chi connectivity index (χ4n) is 4.71. The number of nitrogens with zero attached hydrogens (tertiary/aromatic N) is 4. The number of aromatic nitrogens is 2. The van der Waals surface area contributed by atoms with E-state index in [1.165, 1.54) is 4.31 Å². The molecule has 0 bridgehead atoms. The average molecular weight is 427 g/mol. The number of furan rings is 1. The van der Waals surface area contributed by atoms with Crippen molar-refractivity contribution in [1.82, 2.24) is 19.0 Å². The van der Waals surface area contributed by atoms with E-state index >= 15 is 0 Å². The van der Waals surface area contributed by atoms with E-state index in [-0.39, 0.29) is 5.41 Å². The van der Waals surface area contributed by atoms with Crippen LogP contribution in [0.3, 0.4) is 0 Å². The first-order valence-corrected chi connectivity index (χ1v) is 11.7. The highest BCUT2D eigenvalue weighted by atomic mass is 32.2. The Morgan fingerprint density at radius 3 is 2.50 bits per heavy atom. The Labute approximate surface area is 177 Å². The van der Waals surface area contributed by atoms with Gasteiger partial charge < -0.3 is 4.42 Å². The van der Waals surface area contributed by atoms with Crippen LogP contribution in [0.2, 0.25) is 0 Å². The lowest BCUT2D eigenvalue weighted by atomic mass is 9.75. The van der Waals surface area contributed by atoms with E-state index in [4.69, 9.17) is 9.52 Å². The summed E-state index contributed by atoms with van der Waals surface area (Å²) >= 11 is 0. The van der Waals surface area contributed by atoms with Gasteiger partial charge in [0.05, 0.1) is 24.1 Å². The van der Waals surface area contributed by atoms with Gasteiger partial charge >= 0.3 is 0 Å². The zero-order valence-corrected chi connectivity index (χ0v) is 18.1. The average Bonchev–Trinajstić information content (AvgIpc) is 3.37. The van der Waals surface area contributed by atoms with Crippen molar-refractivity contribution in [3.05, 3.63) is 65.9 Å². The minimum Gasteiger partial charge on any atom is -0.465 e. The molecule has 0 radical (unpaired) electrons. The highest BCUT2D eigenvalue weighted by Gasteiger charge is 2.49. The Morgan fingerprint density at radius 1 is 1.10 bits per heavy atom. The minimum absolute atomic E-state index is 0.259. The van der Waals surface area contributed by atoms with E-state index in [1.807, 2.05) is 49.4 Å². The summed E-state index contributed by atoms with van der Waals surface area (Å²) in [6.07, 6.45) is 3.41. The third-order valence-electron chi connectivity index (χ3n) is 6.41. The van der Waals surface area contributed by atoms with Gasteiger partial charge in [-0.3, -0.25) is 4.90 Å². The van der Waals surface area contributed by atoms with E-state index in [9.17, 15) is 8.42 Å². The first kappa shape index (κ1) is 19.5. The van der Waals surface area contributed by atoms with Crippen LogP contribution in [0.15, 0.2) is 58.0 Å². The van der Waals surface area contributed by atoms with Gasteiger partial charge in [-0.1, -0.05) is 18.2 Å². The second-order valence-electron chi connectivity index (χ2n) is 8.45. The van der Waals surface area contributed by atoms with Gasteiger partial charge in [0.1, 0.15) is 16.4 Å². The first-order chi connectivity index (χ1) is 14.4. The molecular formula is C22H26N4O3S. The third kappa shape index (κ3) is 3.19. The molecular weight excluding hydrogens is 400 g/mol. The molecule has 3 aromatic rings. The summed E-state index contributed by atoms with van der Waals surface area (Å²) in [4.78, 5) is 2.72. The number of benzene rings is 1. The molecule has 1 spiro atoms. The number of piperidine rings is 1. The molecule has 5 rings (SSSR count). The van der Waals surface area contributed by atoms with Crippen LogP contribution in [0.4, 0.5) is 0 Å². The second-order valence-corrected chi connectivity index (χ2v) is 10.5. The predicted molar refractivity (Wildman–Crippen MR) is 113 cm³/mol. The van der Waals surface area contributed by atoms with E-state index in [0.717, 1.165) is 55.4 Å². The molecule has 1 saturated heterocycles. The Morgan fingerprint density at radius 2 is 1.83 bits per heavy atom. The van der Waals surface area contributed by atoms with Gasteiger partial charge in [0.2, 0.25) is 10.0 Å². The smallest absolute Gasteiger partial charge is 0.246 e. The SMILES string of the molecule is Cc1ccc(CN2CCC3(CC2)CN(C)S(=O)(=O)c2cn(-c4ccccc4)nc23)o1. The van der Waals surface area contributed by atoms with Crippen molar-refractivity contribution >= 4 is 10.0 Å². The zero-order valence-electron chi connectivity index (χ0n) is 17.3. The Kier molecular flexibility index (Phi) is 4.61. The minimum atomic E-state index is -3.52. The topological polar surface area (TPSA) is 71.6 Å². The Hall–Kier alpha value is -2.42. The van der Waals surface area contributed by atoms with Crippen LogP contribution < -0.4 is 0 Å². The molecule has 0 amide bonds. The molecule has 2 aromatic heterocycles. The molecule has 8 heteroatoms. The molecule has 7 nitrogen and oxygen atoms in total. The van der Waals surface area contributed by atoms with Crippen molar-refractivity contribution in [3.8, 4) is 5.69 Å². The van der Waals surface area contributed by atoms with Crippen molar-refractivity contribution < 1.29 is 12.8 Å². The van der Waals surface area contributed by atoms with Crippen LogP contribution in [0.25, 0.3) is 5.69 Å². The number of sulfonamides is 1. The van der Waals surface area contributed by atoms with E-state index in [0.29, 0.717) is 11.4 Å². The van der Waals surface area contributed by atoms with Crippen molar-refractivity contribution in [1.29, 1.82) is 0 Å². The van der Waals surface area contributed by atoms with E-state index in [2.05, 4.69) is 4.90 Å². The molecule has 0 unspecified atom stereocenters. The molecule has 2 aliphatic rings. The monoisotopic (exact) mass is 426 g/mol. The molecule has 2 aliphatic heterocycles. The number of likely N-dealkylation sites (N-methyl/N-ethyl adjacent to an activating group) is 1. The maximum absolute atomic E-state index is 13.0. The number of para-hydroxylation sites is 1. The summed E-state index contributed by atoms with van der Waals surface area (Å²) in [5, 5.41) is 4.81. The van der Waals surface area contributed by atoms with Gasteiger partial charge in [-0.15, -0.1) is 0 Å². The summed E-state index contributed by atoms with van der Waals surface area (Å²) < 4.78 is 35.0. The second kappa shape index (κ2) is 7.08. The number of aryl methyl sites for hydroxylation is 1. The molecule has 30 heavy (non-hydrogen) atoms. The predicted octanol–water partition coefficient (Wildman–Crippen LogP) is 2.94. The van der Waals surface area contributed by atoms with Crippen molar-refractivity contribution in [2.45, 2.75) is 36.6 Å². The van der Waals surface area contributed by atoms with E-state index in [1.54, 1.807) is 17.9 Å². The number of rotatable bonds is 3. The van der Waals surface area contributed by atoms with Crippen molar-refractivity contribution in [3.63, 3.8) is 0 Å². The van der Waals surface area contributed by atoms with Gasteiger partial charge in [0.15, 0.2) is 0 Å². The summed E-state index contributed by atoms with van der Waals surface area (Å²) in [5.74, 6) is 1.90. The highest BCUT2D eigenvalue weighted by Crippen LogP contribution is 2.43. The van der Waals surface area contributed by atoms with Crippen LogP contribution in [0.5, 0.6) is 0 Å². The van der Waals surface area contributed by atoms with Gasteiger partial charge in [-0.2, -0.15) is 9.40 Å². The van der Waals surface area contributed by atoms with Crippen molar-refractivity contribution in [2.24, 2.45) is 0 Å². The fraction of sp³-hybridized carbons (Fsp3) is 0.409. The van der Waals surface area contributed by atoms with Gasteiger partial charge in [-0.25, -0.2) is 13.1 Å². The first-order valence-electron chi connectivity index (χ1n) is 10.3. The maximum atomic E-state index is 13.0. The number of fused-ring (bicyclic) bond motifs is 2. The lowest BCUT2D eigenvalue weighted by Crippen LogP contribution is -2.52. The summed E-state index contributed by atoms with van der Waals surface area (Å²) in [5.41, 5.74) is 1.33. The molecule has 0 aliphatic carbocycles. The van der Waals surface area contributed by atoms with Crippen LogP contribution in [-0.4, -0.2) is 54.1 Å². The lowest BCUT2D eigenvalue weighted by molar-refractivity contribution is 0.123. The molecule has 1 fully saturated rings. The van der Waals surface area contributed by atoms with Crippen LogP contribution in [0.1, 0.15) is 30.1 Å². The molecule has 1 aromatic carbocycles. The van der Waals surface area contributed by atoms with Crippen molar-refractivity contribution in [2.75, 3.05) is 26.7 Å². The summed E-state index contributed by atoms with van der Waals surface area (Å²) in [6, 6.07) is 13.7. The molecule has 4 heterocycles. The summed E-state index contributed by atoms with van der Waals surface area (Å²) in [7, 11) is -1.84. The molecule has 0 atom stereocenters. The van der Waals surface area contributed by atoms with Gasteiger partial charge in [0, 0.05) is 19.0 Å². The van der Waals surface area contributed by atoms with Crippen LogP contribution >= 0.6 is 0 Å². The number of likely N-dealkylation sites (tertiary alicyclic amines) is 1. The highest BCUT2D eigenvalue weighted by molar-refractivity contribution is 7.89. The van der Waals surface area contributed by atoms with Crippen LogP contribution in [0, 0.1) is 6.92 Å². The largest absolute Gasteiger partial charge is 0.465 e. The van der Waals surface area contributed by atoms with Crippen LogP contribution in [-0.2, 0) is 22.0 Å². The summed E-state index contributed by atoms with van der Waals surface area (Å²) in [6.45, 7) is 4.97. The Bertz CT molecular complexity index is 1160.